The SMILES string of the molecule is CC(C)(C)[C@H](c1cc(-c2cc(F)ccc2F)cn1Cc1ccccc1)N(CCCOC(N)=O)C(=O)CCC(=O)NCCOCCOCCOCCOCCNC(=O)CN1C(=O)C=CC1=O. The van der Waals surface area contributed by atoms with Crippen molar-refractivity contribution in [2.45, 2.75) is 52.6 Å². The summed E-state index contributed by atoms with van der Waals surface area (Å²) >= 11 is 0. The molecule has 1 aliphatic heterocycles. The van der Waals surface area contributed by atoms with E-state index in [9.17, 15) is 33.2 Å². The zero-order valence-corrected chi connectivity index (χ0v) is 37.2. The van der Waals surface area contributed by atoms with Crippen LogP contribution in [-0.2, 0) is 54.2 Å². The van der Waals surface area contributed by atoms with Crippen LogP contribution in [0.4, 0.5) is 13.6 Å². The van der Waals surface area contributed by atoms with E-state index < -0.39 is 46.9 Å². The van der Waals surface area contributed by atoms with Crippen LogP contribution >= 0.6 is 0 Å². The second kappa shape index (κ2) is 26.7. The second-order valence-corrected chi connectivity index (χ2v) is 16.0. The summed E-state index contributed by atoms with van der Waals surface area (Å²) in [5.41, 5.74) is 6.70. The topological polar surface area (TPSA) is 210 Å². The Hall–Kier alpha value is -6.02. The highest BCUT2D eigenvalue weighted by Crippen LogP contribution is 2.41. The van der Waals surface area contributed by atoms with E-state index in [4.69, 9.17) is 29.4 Å². The fourth-order valence-corrected chi connectivity index (χ4v) is 6.94. The van der Waals surface area contributed by atoms with Crippen LogP contribution in [0.25, 0.3) is 11.1 Å². The number of ether oxygens (including phenoxy) is 5. The number of nitrogens with two attached hydrogens (primary N) is 1. The van der Waals surface area contributed by atoms with E-state index in [0.717, 1.165) is 40.8 Å². The first-order valence-electron chi connectivity index (χ1n) is 21.4. The van der Waals surface area contributed by atoms with Crippen LogP contribution in [0.15, 0.2) is 72.9 Å². The number of hydrogen-bond acceptors (Lipinski definition) is 11. The third-order valence-electron chi connectivity index (χ3n) is 9.91. The molecule has 0 unspecified atom stereocenters. The molecule has 354 valence electrons. The van der Waals surface area contributed by atoms with Crippen LogP contribution in [0.2, 0.25) is 0 Å². The summed E-state index contributed by atoms with van der Waals surface area (Å²) in [6, 6.07) is 14.0. The standard InChI is InChI=1S/C46H60F2N6O11/c1-46(2,3)44(38-28-34(36-29-35(47)10-11-37(36)48)31-52(38)30-33-8-5-4-6-9-33)53(18-7-19-65-45(49)60)41(57)13-12-39(55)50-16-20-61-22-24-63-26-27-64-25-23-62-21-17-51-40(56)32-54-42(58)14-15-43(54)59/h4-6,8-11,14-15,28-29,31,44H,7,12-13,16-27,30,32H2,1-3H3,(H2,49,60)(H,50,55)(H,51,56)/t44-/m0/s1. The quantitative estimate of drug-likeness (QED) is 0.0673. The molecule has 1 aliphatic rings. The van der Waals surface area contributed by atoms with Crippen molar-refractivity contribution in [2.75, 3.05) is 85.6 Å². The Morgan fingerprint density at radius 1 is 0.754 bits per heavy atom. The van der Waals surface area contributed by atoms with Gasteiger partial charge in [0.2, 0.25) is 17.7 Å². The average Bonchev–Trinajstić information content (AvgIpc) is 3.81. The lowest BCUT2D eigenvalue weighted by atomic mass is 9.82. The highest BCUT2D eigenvalue weighted by molar-refractivity contribution is 6.14. The predicted molar refractivity (Wildman–Crippen MR) is 234 cm³/mol. The minimum absolute atomic E-state index is 0.0439. The van der Waals surface area contributed by atoms with Gasteiger partial charge in [-0.1, -0.05) is 51.1 Å². The maximum atomic E-state index is 15.1. The maximum Gasteiger partial charge on any atom is 0.404 e. The highest BCUT2D eigenvalue weighted by atomic mass is 19.1. The monoisotopic (exact) mass is 910 g/mol. The number of aromatic nitrogens is 1. The minimum Gasteiger partial charge on any atom is -0.450 e. The van der Waals surface area contributed by atoms with Gasteiger partial charge < -0.3 is 49.5 Å². The van der Waals surface area contributed by atoms with E-state index in [2.05, 4.69) is 10.6 Å². The van der Waals surface area contributed by atoms with Gasteiger partial charge in [-0.15, -0.1) is 0 Å². The van der Waals surface area contributed by atoms with Crippen LogP contribution in [0.5, 0.6) is 0 Å². The molecule has 2 aromatic carbocycles. The molecule has 0 spiro atoms. The lowest BCUT2D eigenvalue weighted by molar-refractivity contribution is -0.141. The van der Waals surface area contributed by atoms with Gasteiger partial charge >= 0.3 is 6.09 Å². The molecule has 17 nitrogen and oxygen atoms in total. The molecule has 4 N–H and O–H groups in total. The van der Waals surface area contributed by atoms with Crippen LogP contribution < -0.4 is 16.4 Å². The molecule has 0 saturated carbocycles. The fraction of sp³-hybridized carbons (Fsp3) is 0.478. The first-order valence-corrected chi connectivity index (χ1v) is 21.4. The number of rotatable bonds is 29. The predicted octanol–water partition coefficient (Wildman–Crippen LogP) is 3.89. The van der Waals surface area contributed by atoms with E-state index in [1.165, 1.54) is 0 Å². The lowest BCUT2D eigenvalue weighted by Crippen LogP contribution is -2.43. The molecule has 3 aromatic rings. The zero-order valence-electron chi connectivity index (χ0n) is 37.2. The van der Waals surface area contributed by atoms with Gasteiger partial charge in [0, 0.05) is 74.2 Å². The number of benzene rings is 2. The Morgan fingerprint density at radius 2 is 1.34 bits per heavy atom. The summed E-state index contributed by atoms with van der Waals surface area (Å²) in [7, 11) is 0. The minimum atomic E-state index is -0.945. The third-order valence-corrected chi connectivity index (χ3v) is 9.91. The van der Waals surface area contributed by atoms with Crippen molar-refractivity contribution >= 4 is 35.6 Å². The maximum absolute atomic E-state index is 15.1. The molecule has 6 amide bonds. The Labute approximate surface area is 377 Å². The van der Waals surface area contributed by atoms with E-state index in [0.29, 0.717) is 50.8 Å². The van der Waals surface area contributed by atoms with E-state index in [1.54, 1.807) is 17.2 Å². The van der Waals surface area contributed by atoms with Crippen LogP contribution in [0.1, 0.15) is 57.3 Å². The molecule has 0 bridgehead atoms. The van der Waals surface area contributed by atoms with Gasteiger partial charge in [0.15, 0.2) is 0 Å². The van der Waals surface area contributed by atoms with E-state index in [-0.39, 0.29) is 89.2 Å². The molecule has 0 radical (unpaired) electrons. The van der Waals surface area contributed by atoms with E-state index >= 15 is 4.39 Å². The molecular formula is C46H60F2N6O11. The second-order valence-electron chi connectivity index (χ2n) is 16.0. The van der Waals surface area contributed by atoms with Crippen LogP contribution in [-0.4, -0.2) is 136 Å². The van der Waals surface area contributed by atoms with Crippen molar-refractivity contribution in [1.29, 1.82) is 0 Å². The van der Waals surface area contributed by atoms with Gasteiger partial charge in [-0.05, 0) is 41.7 Å². The summed E-state index contributed by atoms with van der Waals surface area (Å²) < 4.78 is 58.3. The molecule has 2 heterocycles. The summed E-state index contributed by atoms with van der Waals surface area (Å²) in [4.78, 5) is 75.8. The molecule has 1 aromatic heterocycles. The highest BCUT2D eigenvalue weighted by Gasteiger charge is 2.37. The third kappa shape index (κ3) is 17.8. The number of halogens is 2. The Kier molecular flexibility index (Phi) is 21.2. The van der Waals surface area contributed by atoms with Crippen molar-refractivity contribution < 1.29 is 61.2 Å². The zero-order chi connectivity index (χ0) is 47.2. The first kappa shape index (κ1) is 51.6. The first-order chi connectivity index (χ1) is 31.1. The number of nitrogens with one attached hydrogen (secondary N) is 2. The Bertz CT molecular complexity index is 2060. The van der Waals surface area contributed by atoms with Gasteiger partial charge in [0.25, 0.3) is 11.8 Å². The normalized spacial score (nSPS) is 13.0. The van der Waals surface area contributed by atoms with Crippen LogP contribution in [0.3, 0.4) is 0 Å². The van der Waals surface area contributed by atoms with Gasteiger partial charge in [0.1, 0.15) is 18.2 Å². The van der Waals surface area contributed by atoms with Gasteiger partial charge in [0.05, 0.1) is 65.5 Å². The molecule has 1 atom stereocenters. The number of hydrogen-bond donors (Lipinski definition) is 3. The van der Waals surface area contributed by atoms with Gasteiger partial charge in [-0.2, -0.15) is 0 Å². The van der Waals surface area contributed by atoms with Crippen LogP contribution in [0, 0.1) is 17.0 Å². The molecule has 19 heteroatoms. The number of amides is 6. The molecule has 4 rings (SSSR count). The van der Waals surface area contributed by atoms with Gasteiger partial charge in [-0.25, -0.2) is 13.6 Å². The summed E-state index contributed by atoms with van der Waals surface area (Å²) in [6.45, 7) is 8.73. The lowest BCUT2D eigenvalue weighted by Gasteiger charge is -2.41. The molecule has 65 heavy (non-hydrogen) atoms. The van der Waals surface area contributed by atoms with E-state index in [1.807, 2.05) is 55.7 Å². The molecular weight excluding hydrogens is 851 g/mol. The Balaban J connectivity index is 1.20. The average molecular weight is 911 g/mol. The summed E-state index contributed by atoms with van der Waals surface area (Å²) in [5.74, 6) is -3.38. The summed E-state index contributed by atoms with van der Waals surface area (Å²) in [5, 5.41) is 5.34. The summed E-state index contributed by atoms with van der Waals surface area (Å²) in [6.07, 6.45) is 3.04. The largest absolute Gasteiger partial charge is 0.450 e. The fourth-order valence-electron chi connectivity index (χ4n) is 6.94. The van der Waals surface area contributed by atoms with Gasteiger partial charge in [-0.3, -0.25) is 28.9 Å². The number of imide groups is 1. The molecule has 0 aliphatic carbocycles. The molecule has 0 saturated heterocycles. The van der Waals surface area contributed by atoms with Crippen molar-refractivity contribution in [3.63, 3.8) is 0 Å². The number of carbonyl (C=O) groups is 6. The van der Waals surface area contributed by atoms with Crippen molar-refractivity contribution in [2.24, 2.45) is 11.1 Å². The van der Waals surface area contributed by atoms with Crippen molar-refractivity contribution in [3.8, 4) is 11.1 Å². The number of primary amides is 1. The smallest absolute Gasteiger partial charge is 0.404 e. The van der Waals surface area contributed by atoms with Crippen molar-refractivity contribution in [3.05, 3.63) is 95.8 Å². The number of nitrogens with zero attached hydrogens (tertiary/aromatic N) is 3. The Morgan fingerprint density at radius 3 is 1.92 bits per heavy atom. The molecule has 0 fully saturated rings. The van der Waals surface area contributed by atoms with Crippen molar-refractivity contribution in [1.82, 2.24) is 25.0 Å². The number of carbonyl (C=O) groups excluding carboxylic acids is 6.